The number of rotatable bonds is 3. The van der Waals surface area contributed by atoms with Crippen molar-refractivity contribution in [2.24, 2.45) is 0 Å². The summed E-state index contributed by atoms with van der Waals surface area (Å²) in [6, 6.07) is 8.02. The smallest absolute Gasteiger partial charge is 0.291 e. The lowest BCUT2D eigenvalue weighted by Gasteiger charge is -2.27. The molecular weight excluding hydrogens is 381 g/mol. The van der Waals surface area contributed by atoms with E-state index in [2.05, 4.69) is 4.98 Å². The van der Waals surface area contributed by atoms with Gasteiger partial charge in [-0.05, 0) is 41.6 Å². The monoisotopic (exact) mass is 390 g/mol. The van der Waals surface area contributed by atoms with Gasteiger partial charge in [0.2, 0.25) is 5.91 Å². The van der Waals surface area contributed by atoms with Crippen molar-refractivity contribution in [2.75, 3.05) is 10.7 Å². The molecule has 1 amide bonds. The van der Waals surface area contributed by atoms with E-state index in [-0.39, 0.29) is 39.9 Å². The van der Waals surface area contributed by atoms with Crippen LogP contribution in [-0.4, -0.2) is 22.2 Å². The van der Waals surface area contributed by atoms with Crippen molar-refractivity contribution >= 4 is 46.8 Å². The molecule has 1 aliphatic heterocycles. The van der Waals surface area contributed by atoms with Crippen molar-refractivity contribution in [3.05, 3.63) is 47.1 Å². The zero-order chi connectivity index (χ0) is 17.3. The van der Waals surface area contributed by atoms with Gasteiger partial charge in [0.1, 0.15) is 5.82 Å². The Hall–Kier alpha value is -1.38. The van der Waals surface area contributed by atoms with Crippen molar-refractivity contribution in [3.63, 3.8) is 0 Å². The minimum absolute atomic E-state index is 0.0279. The summed E-state index contributed by atoms with van der Waals surface area (Å²) >= 11 is 6.97. The lowest BCUT2D eigenvalue weighted by Crippen LogP contribution is -2.35. The summed E-state index contributed by atoms with van der Waals surface area (Å²) in [5, 5.41) is 0.0279. The lowest BCUT2D eigenvalue weighted by molar-refractivity contribution is -0.116. The molecule has 0 spiro atoms. The van der Waals surface area contributed by atoms with E-state index in [0.29, 0.717) is 11.4 Å². The lowest BCUT2D eigenvalue weighted by atomic mass is 10.2. The third-order valence-corrected chi connectivity index (χ3v) is 5.47. The van der Waals surface area contributed by atoms with Gasteiger partial charge in [-0.25, -0.2) is 4.98 Å². The molecule has 3 nitrogen and oxygen atoms in total. The largest absolute Gasteiger partial charge is 0.446 e. The summed E-state index contributed by atoms with van der Waals surface area (Å²) in [6.45, 7) is 0.145. The second-order valence-corrected chi connectivity index (χ2v) is 7.44. The Morgan fingerprint density at radius 2 is 2.12 bits per heavy atom. The van der Waals surface area contributed by atoms with E-state index in [1.165, 1.54) is 28.8 Å². The zero-order valence-electron chi connectivity index (χ0n) is 12.0. The molecule has 0 fully saturated rings. The number of hydrogen-bond acceptors (Lipinski definition) is 4. The number of pyridine rings is 1. The molecule has 1 aliphatic rings. The van der Waals surface area contributed by atoms with E-state index in [1.807, 2.05) is 6.07 Å². The molecule has 2 heterocycles. The standard InChI is InChI=1S/C15H10ClF3N2OS2/c16-10-4-3-9(6-12(10)24-15(17,18)19)7-21-13(22)8-23-11-2-1-5-20-14(11)21/h1-6H,7-8H2. The van der Waals surface area contributed by atoms with Crippen LogP contribution in [-0.2, 0) is 11.3 Å². The van der Waals surface area contributed by atoms with E-state index in [0.717, 1.165) is 4.90 Å². The maximum atomic E-state index is 12.6. The fourth-order valence-corrected chi connectivity index (χ4v) is 3.99. The molecule has 0 atom stereocenters. The number of carbonyl (C=O) groups excluding carboxylic acids is 1. The number of alkyl halides is 3. The number of halogens is 4. The molecule has 1 aromatic heterocycles. The van der Waals surface area contributed by atoms with Crippen LogP contribution in [0.1, 0.15) is 5.56 Å². The summed E-state index contributed by atoms with van der Waals surface area (Å²) in [7, 11) is 0. The van der Waals surface area contributed by atoms with Gasteiger partial charge >= 0.3 is 5.51 Å². The number of fused-ring (bicyclic) bond motifs is 1. The molecule has 0 unspecified atom stereocenters. The van der Waals surface area contributed by atoms with Crippen LogP contribution in [0.3, 0.4) is 0 Å². The van der Waals surface area contributed by atoms with Crippen LogP contribution in [0, 0.1) is 0 Å². The van der Waals surface area contributed by atoms with Crippen molar-refractivity contribution in [2.45, 2.75) is 21.8 Å². The third-order valence-electron chi connectivity index (χ3n) is 3.22. The number of hydrogen-bond donors (Lipinski definition) is 0. The molecule has 0 saturated carbocycles. The summed E-state index contributed by atoms with van der Waals surface area (Å²) < 4.78 is 37.8. The van der Waals surface area contributed by atoms with E-state index in [1.54, 1.807) is 18.3 Å². The van der Waals surface area contributed by atoms with Crippen LogP contribution in [0.2, 0.25) is 5.02 Å². The van der Waals surface area contributed by atoms with Gasteiger partial charge in [-0.3, -0.25) is 9.69 Å². The molecule has 9 heteroatoms. The van der Waals surface area contributed by atoms with E-state index < -0.39 is 5.51 Å². The van der Waals surface area contributed by atoms with Gasteiger partial charge < -0.3 is 0 Å². The molecule has 0 aliphatic carbocycles. The number of nitrogens with zero attached hydrogens (tertiary/aromatic N) is 2. The van der Waals surface area contributed by atoms with Crippen LogP contribution in [0.25, 0.3) is 0 Å². The maximum Gasteiger partial charge on any atom is 0.446 e. The Morgan fingerprint density at radius 1 is 1.33 bits per heavy atom. The third kappa shape index (κ3) is 3.99. The van der Waals surface area contributed by atoms with Crippen LogP contribution in [0.4, 0.5) is 19.0 Å². The molecule has 1 aromatic carbocycles. The van der Waals surface area contributed by atoms with E-state index in [9.17, 15) is 18.0 Å². The van der Waals surface area contributed by atoms with Crippen molar-refractivity contribution in [1.29, 1.82) is 0 Å². The van der Waals surface area contributed by atoms with Gasteiger partial charge in [0.15, 0.2) is 0 Å². The average molecular weight is 391 g/mol. The first-order chi connectivity index (χ1) is 11.3. The van der Waals surface area contributed by atoms with Gasteiger partial charge in [0, 0.05) is 11.1 Å². The minimum Gasteiger partial charge on any atom is -0.291 e. The summed E-state index contributed by atoms with van der Waals surface area (Å²) in [5.74, 6) is 0.668. The summed E-state index contributed by atoms with van der Waals surface area (Å²) in [5.41, 5.74) is -3.86. The Balaban J connectivity index is 1.89. The Bertz CT molecular complexity index is 786. The molecule has 0 radical (unpaired) electrons. The molecule has 0 saturated heterocycles. The molecule has 0 N–H and O–H groups in total. The molecule has 0 bridgehead atoms. The van der Waals surface area contributed by atoms with Gasteiger partial charge in [0.05, 0.1) is 22.2 Å². The number of amides is 1. The quantitative estimate of drug-likeness (QED) is 0.691. The number of anilines is 1. The highest BCUT2D eigenvalue weighted by Gasteiger charge is 2.31. The number of benzene rings is 1. The van der Waals surface area contributed by atoms with Crippen molar-refractivity contribution < 1.29 is 18.0 Å². The van der Waals surface area contributed by atoms with Gasteiger partial charge in [0.25, 0.3) is 0 Å². The predicted octanol–water partition coefficient (Wildman–Crippen LogP) is 4.99. The second-order valence-electron chi connectivity index (χ2n) is 4.91. The van der Waals surface area contributed by atoms with E-state index >= 15 is 0 Å². The van der Waals surface area contributed by atoms with Crippen LogP contribution in [0.5, 0.6) is 0 Å². The second kappa shape index (κ2) is 6.85. The topological polar surface area (TPSA) is 33.2 Å². The van der Waals surface area contributed by atoms with Crippen LogP contribution < -0.4 is 4.90 Å². The number of thioether (sulfide) groups is 2. The molecule has 126 valence electrons. The van der Waals surface area contributed by atoms with E-state index in [4.69, 9.17) is 11.6 Å². The first-order valence-corrected chi connectivity index (χ1v) is 8.94. The average Bonchev–Trinajstić information content (AvgIpc) is 2.52. The molecule has 24 heavy (non-hydrogen) atoms. The highest BCUT2D eigenvalue weighted by molar-refractivity contribution is 8.00. The van der Waals surface area contributed by atoms with Gasteiger partial charge in [-0.1, -0.05) is 17.7 Å². The zero-order valence-corrected chi connectivity index (χ0v) is 14.4. The van der Waals surface area contributed by atoms with Gasteiger partial charge in [-0.2, -0.15) is 13.2 Å². The highest BCUT2D eigenvalue weighted by Crippen LogP contribution is 2.41. The highest BCUT2D eigenvalue weighted by atomic mass is 35.5. The summed E-state index contributed by atoms with van der Waals surface area (Å²) in [4.78, 5) is 18.7. The Kier molecular flexibility index (Phi) is 4.98. The predicted molar refractivity (Wildman–Crippen MR) is 89.5 cm³/mol. The van der Waals surface area contributed by atoms with Crippen LogP contribution in [0.15, 0.2) is 46.3 Å². The fraction of sp³-hybridized carbons (Fsp3) is 0.200. The minimum atomic E-state index is -4.42. The first-order valence-electron chi connectivity index (χ1n) is 6.76. The normalized spacial score (nSPS) is 14.7. The van der Waals surface area contributed by atoms with Crippen molar-refractivity contribution in [1.82, 2.24) is 4.98 Å². The molecule has 2 aromatic rings. The molecule has 3 rings (SSSR count). The maximum absolute atomic E-state index is 12.6. The first kappa shape index (κ1) is 17.4. The summed E-state index contributed by atoms with van der Waals surface area (Å²) in [6.07, 6.45) is 1.58. The Morgan fingerprint density at radius 3 is 2.88 bits per heavy atom. The van der Waals surface area contributed by atoms with Crippen molar-refractivity contribution in [3.8, 4) is 0 Å². The van der Waals surface area contributed by atoms with Crippen LogP contribution >= 0.6 is 35.1 Å². The van der Waals surface area contributed by atoms with Gasteiger partial charge in [-0.15, -0.1) is 11.8 Å². The number of aromatic nitrogens is 1. The fourth-order valence-electron chi connectivity index (χ4n) is 2.23. The number of carbonyl (C=O) groups is 1. The molecular formula is C15H10ClF3N2OS2. The SMILES string of the molecule is O=C1CSc2cccnc2N1Cc1ccc(Cl)c(SC(F)(F)F)c1. The Labute approximate surface area is 149 Å².